The molecule has 2 aromatic carbocycles. The van der Waals surface area contributed by atoms with Gasteiger partial charge in [-0.25, -0.2) is 8.78 Å². The number of fused-ring (bicyclic) bond motifs is 2. The molecule has 0 radical (unpaired) electrons. The molecule has 3 aliphatic rings. The Morgan fingerprint density at radius 3 is 2.50 bits per heavy atom. The fourth-order valence-electron chi connectivity index (χ4n) is 5.96. The molecule has 0 aromatic heterocycles. The van der Waals surface area contributed by atoms with E-state index in [4.69, 9.17) is 11.6 Å². The Morgan fingerprint density at radius 1 is 1.11 bits per heavy atom. The van der Waals surface area contributed by atoms with E-state index in [1.54, 1.807) is 4.90 Å². The number of likely N-dealkylation sites (tertiary alicyclic amines) is 2. The maximum absolute atomic E-state index is 13.3. The number of β-amino-alcohol motifs (C(OH)–C–C–N with tert-alkyl or cyclic N) is 1. The lowest BCUT2D eigenvalue weighted by molar-refractivity contribution is -0.128. The molecular weight excluding hydrogens is 484 g/mol. The second-order valence-electron chi connectivity index (χ2n) is 10.4. The summed E-state index contributed by atoms with van der Waals surface area (Å²) in [5.74, 6) is -1.37. The first kappa shape index (κ1) is 25.2. The van der Waals surface area contributed by atoms with Crippen molar-refractivity contribution in [2.24, 2.45) is 5.92 Å². The van der Waals surface area contributed by atoms with E-state index in [9.17, 15) is 18.7 Å². The van der Waals surface area contributed by atoms with E-state index < -0.39 is 17.7 Å². The number of benzene rings is 2. The van der Waals surface area contributed by atoms with E-state index in [0.717, 1.165) is 62.1 Å². The summed E-state index contributed by atoms with van der Waals surface area (Å²) in [6.07, 6.45) is 5.96. The first-order chi connectivity index (χ1) is 17.3. The molecule has 5 nitrogen and oxygen atoms in total. The number of aliphatic hydroxyl groups excluding tert-OH is 1. The molecule has 1 atom stereocenters. The van der Waals surface area contributed by atoms with Gasteiger partial charge in [0.1, 0.15) is 11.6 Å². The van der Waals surface area contributed by atoms with Gasteiger partial charge in [-0.1, -0.05) is 17.7 Å². The third kappa shape index (κ3) is 5.43. The molecule has 1 spiro atoms. The zero-order valence-corrected chi connectivity index (χ0v) is 21.0. The zero-order valence-electron chi connectivity index (χ0n) is 20.2. The lowest BCUT2D eigenvalue weighted by Crippen LogP contribution is -2.48. The summed E-state index contributed by atoms with van der Waals surface area (Å²) in [5.41, 5.74) is 2.98. The van der Waals surface area contributed by atoms with Crippen LogP contribution in [0, 0.1) is 17.6 Å². The third-order valence-electron chi connectivity index (χ3n) is 8.13. The van der Waals surface area contributed by atoms with E-state index >= 15 is 0 Å². The summed E-state index contributed by atoms with van der Waals surface area (Å²) >= 11 is 6.16. The van der Waals surface area contributed by atoms with Gasteiger partial charge in [0.2, 0.25) is 5.91 Å². The molecule has 5 rings (SSSR count). The fraction of sp³-hybridized carbons (Fsp3) is 0.464. The van der Waals surface area contributed by atoms with Crippen molar-refractivity contribution in [2.75, 3.05) is 44.6 Å². The molecule has 0 saturated carbocycles. The Hall–Kier alpha value is -2.48. The van der Waals surface area contributed by atoms with Crippen LogP contribution in [0.25, 0.3) is 6.08 Å². The maximum Gasteiger partial charge on any atom is 0.246 e. The van der Waals surface area contributed by atoms with E-state index in [0.29, 0.717) is 25.2 Å². The number of halogens is 3. The second-order valence-corrected chi connectivity index (χ2v) is 10.8. The second kappa shape index (κ2) is 10.5. The topological polar surface area (TPSA) is 55.8 Å². The van der Waals surface area contributed by atoms with Crippen molar-refractivity contribution in [1.29, 1.82) is 0 Å². The summed E-state index contributed by atoms with van der Waals surface area (Å²) < 4.78 is 26.7. The molecule has 3 heterocycles. The van der Waals surface area contributed by atoms with Gasteiger partial charge in [0.05, 0.1) is 6.10 Å². The number of nitrogens with one attached hydrogen (secondary N) is 1. The summed E-state index contributed by atoms with van der Waals surface area (Å²) in [6, 6.07) is 9.32. The van der Waals surface area contributed by atoms with Crippen molar-refractivity contribution in [3.8, 4) is 0 Å². The maximum atomic E-state index is 13.3. The van der Waals surface area contributed by atoms with Crippen LogP contribution in [0.3, 0.4) is 0 Å². The third-order valence-corrected chi connectivity index (χ3v) is 8.36. The van der Waals surface area contributed by atoms with Crippen LogP contribution in [0.1, 0.15) is 36.8 Å². The number of carbonyl (C=O) groups excluding carboxylic acids is 1. The van der Waals surface area contributed by atoms with E-state index in [2.05, 4.69) is 16.3 Å². The molecule has 3 aliphatic heterocycles. The quantitative estimate of drug-likeness (QED) is 0.567. The Morgan fingerprint density at radius 2 is 1.81 bits per heavy atom. The highest BCUT2D eigenvalue weighted by Crippen LogP contribution is 2.44. The molecule has 2 saturated heterocycles. The number of hydrogen-bond acceptors (Lipinski definition) is 4. The Kier molecular flexibility index (Phi) is 7.33. The van der Waals surface area contributed by atoms with Gasteiger partial charge >= 0.3 is 0 Å². The zero-order chi connectivity index (χ0) is 25.3. The van der Waals surface area contributed by atoms with Crippen LogP contribution in [-0.4, -0.2) is 66.2 Å². The SMILES string of the molecule is O=C(C=Cc1cc(F)cc(F)c1)N1CCC([C@H](O)CN2CCC3(CC2)CNc2cc(Cl)ccc23)CC1. The number of aliphatic hydroxyl groups is 1. The molecule has 2 fully saturated rings. The number of rotatable bonds is 5. The fourth-order valence-corrected chi connectivity index (χ4v) is 6.13. The van der Waals surface area contributed by atoms with Gasteiger partial charge in [-0.3, -0.25) is 4.79 Å². The van der Waals surface area contributed by atoms with Crippen LogP contribution >= 0.6 is 11.6 Å². The first-order valence-electron chi connectivity index (χ1n) is 12.7. The van der Waals surface area contributed by atoms with Gasteiger partial charge in [-0.2, -0.15) is 0 Å². The summed E-state index contributed by atoms with van der Waals surface area (Å²) in [5, 5.41) is 15.2. The van der Waals surface area contributed by atoms with Crippen LogP contribution in [0.15, 0.2) is 42.5 Å². The standard InChI is InChI=1S/C28H32ClF2N3O2/c29-21-2-3-24-25(15-21)32-18-28(24)7-11-33(12-8-28)17-26(35)20-5-9-34(10-6-20)27(36)4-1-19-13-22(30)16-23(31)14-19/h1-4,13-16,20,26,32,35H,5-12,17-18H2/t26-/m1/s1. The van der Waals surface area contributed by atoms with Gasteiger partial charge < -0.3 is 20.2 Å². The summed E-state index contributed by atoms with van der Waals surface area (Å²) in [4.78, 5) is 16.6. The van der Waals surface area contributed by atoms with Gasteiger partial charge in [-0.15, -0.1) is 0 Å². The predicted molar refractivity (Wildman–Crippen MR) is 138 cm³/mol. The van der Waals surface area contributed by atoms with E-state index in [-0.39, 0.29) is 17.2 Å². The van der Waals surface area contributed by atoms with Crippen LogP contribution in [-0.2, 0) is 10.2 Å². The number of nitrogens with zero attached hydrogens (tertiary/aromatic N) is 2. The Labute approximate surface area is 215 Å². The van der Waals surface area contributed by atoms with Crippen molar-refractivity contribution >= 4 is 29.3 Å². The van der Waals surface area contributed by atoms with Crippen LogP contribution in [0.2, 0.25) is 5.02 Å². The Bertz CT molecular complexity index is 1120. The molecule has 192 valence electrons. The lowest BCUT2D eigenvalue weighted by Gasteiger charge is -2.41. The lowest BCUT2D eigenvalue weighted by atomic mass is 9.74. The molecule has 1 amide bonds. The number of carbonyl (C=O) groups is 1. The molecule has 2 aromatic rings. The molecular formula is C28H32ClF2N3O2. The highest BCUT2D eigenvalue weighted by Gasteiger charge is 2.42. The molecule has 2 N–H and O–H groups in total. The highest BCUT2D eigenvalue weighted by atomic mass is 35.5. The normalized spacial score (nSPS) is 21.1. The van der Waals surface area contributed by atoms with Crippen LogP contribution in [0.4, 0.5) is 14.5 Å². The minimum Gasteiger partial charge on any atom is -0.392 e. The average molecular weight is 516 g/mol. The number of amides is 1. The van der Waals surface area contributed by atoms with Crippen molar-refractivity contribution in [3.63, 3.8) is 0 Å². The Balaban J connectivity index is 1.08. The van der Waals surface area contributed by atoms with Crippen LogP contribution in [0.5, 0.6) is 0 Å². The molecule has 36 heavy (non-hydrogen) atoms. The van der Waals surface area contributed by atoms with Crippen LogP contribution < -0.4 is 5.32 Å². The molecule has 0 unspecified atom stereocenters. The van der Waals surface area contributed by atoms with Gasteiger partial charge in [-0.05, 0) is 86.2 Å². The predicted octanol–water partition coefficient (Wildman–Crippen LogP) is 4.69. The van der Waals surface area contributed by atoms with Gasteiger partial charge in [0.25, 0.3) is 0 Å². The highest BCUT2D eigenvalue weighted by molar-refractivity contribution is 6.30. The van der Waals surface area contributed by atoms with Crippen molar-refractivity contribution in [3.05, 3.63) is 70.3 Å². The van der Waals surface area contributed by atoms with Gasteiger partial charge in [0.15, 0.2) is 0 Å². The van der Waals surface area contributed by atoms with Crippen molar-refractivity contribution in [2.45, 2.75) is 37.2 Å². The van der Waals surface area contributed by atoms with Gasteiger partial charge in [0, 0.05) is 54.4 Å². The van der Waals surface area contributed by atoms with Crippen molar-refractivity contribution in [1.82, 2.24) is 9.80 Å². The smallest absolute Gasteiger partial charge is 0.246 e. The number of anilines is 1. The average Bonchev–Trinajstić information content (AvgIpc) is 3.20. The molecule has 8 heteroatoms. The largest absolute Gasteiger partial charge is 0.392 e. The number of piperidine rings is 2. The monoisotopic (exact) mass is 515 g/mol. The summed E-state index contributed by atoms with van der Waals surface area (Å²) in [7, 11) is 0. The minimum absolute atomic E-state index is 0.151. The first-order valence-corrected chi connectivity index (χ1v) is 13.1. The van der Waals surface area contributed by atoms with E-state index in [1.165, 1.54) is 29.8 Å². The molecule has 0 aliphatic carbocycles. The minimum atomic E-state index is -0.671. The molecule has 0 bridgehead atoms. The summed E-state index contributed by atoms with van der Waals surface area (Å²) in [6.45, 7) is 4.62. The van der Waals surface area contributed by atoms with Crippen molar-refractivity contribution < 1.29 is 18.7 Å². The van der Waals surface area contributed by atoms with E-state index in [1.807, 2.05) is 12.1 Å². The number of hydrogen-bond donors (Lipinski definition) is 2.